The van der Waals surface area contributed by atoms with Gasteiger partial charge in [0.1, 0.15) is 5.76 Å². The SMILES string of the molecule is CCOC(=O)C1=C(C)N=c2s/c(=C/c3ccc(N4CCOCC4)o3)c(=O)n2C1c1ccc(OC)c(OCC)c1. The first-order valence-electron chi connectivity index (χ1n) is 12.9. The van der Waals surface area contributed by atoms with Crippen LogP contribution in [0.1, 0.15) is 38.1 Å². The molecule has 2 aromatic heterocycles. The maximum atomic E-state index is 13.9. The monoisotopic (exact) mass is 553 g/mol. The van der Waals surface area contributed by atoms with Crippen LogP contribution in [-0.4, -0.2) is 57.2 Å². The standard InChI is InChI=1S/C28H31N3O7S/c1-5-36-21-15-18(7-9-20(21)34-4)25-24(27(33)37-6-2)17(3)29-28-31(25)26(32)22(39-28)16-19-8-10-23(38-19)30-11-13-35-14-12-30/h7-10,15-16,25H,5-6,11-14H2,1-4H3/b22-16+. The lowest BCUT2D eigenvalue weighted by Gasteiger charge is -2.26. The van der Waals surface area contributed by atoms with Crippen LogP contribution >= 0.6 is 11.3 Å². The van der Waals surface area contributed by atoms with Gasteiger partial charge in [0.15, 0.2) is 22.2 Å². The summed E-state index contributed by atoms with van der Waals surface area (Å²) in [7, 11) is 1.56. The molecule has 10 nitrogen and oxygen atoms in total. The topological polar surface area (TPSA) is 105 Å². The number of aromatic nitrogens is 1. The minimum absolute atomic E-state index is 0.198. The molecule has 1 fully saturated rings. The Labute approximate surface area is 229 Å². The molecule has 4 heterocycles. The molecule has 3 aromatic rings. The number of benzene rings is 1. The highest BCUT2D eigenvalue weighted by atomic mass is 32.1. The van der Waals surface area contributed by atoms with Crippen molar-refractivity contribution in [1.82, 2.24) is 4.57 Å². The third-order valence-electron chi connectivity index (χ3n) is 6.53. The van der Waals surface area contributed by atoms with Crippen molar-refractivity contribution in [2.45, 2.75) is 26.8 Å². The molecule has 0 amide bonds. The van der Waals surface area contributed by atoms with E-state index in [0.717, 1.165) is 19.0 Å². The van der Waals surface area contributed by atoms with Crippen molar-refractivity contribution >= 4 is 29.3 Å². The highest BCUT2D eigenvalue weighted by molar-refractivity contribution is 7.07. The van der Waals surface area contributed by atoms with Gasteiger partial charge in [0.2, 0.25) is 0 Å². The summed E-state index contributed by atoms with van der Waals surface area (Å²) in [5.74, 6) is 1.84. The maximum Gasteiger partial charge on any atom is 0.338 e. The molecule has 1 aromatic carbocycles. The number of anilines is 1. The van der Waals surface area contributed by atoms with Crippen LogP contribution in [0.3, 0.4) is 0 Å². The minimum Gasteiger partial charge on any atom is -0.493 e. The second-order valence-electron chi connectivity index (χ2n) is 8.92. The average molecular weight is 554 g/mol. The lowest BCUT2D eigenvalue weighted by Crippen LogP contribution is -2.40. The van der Waals surface area contributed by atoms with Crippen LogP contribution in [0.5, 0.6) is 11.5 Å². The van der Waals surface area contributed by atoms with Crippen LogP contribution in [0.25, 0.3) is 6.08 Å². The lowest BCUT2D eigenvalue weighted by molar-refractivity contribution is -0.139. The number of hydrogen-bond donors (Lipinski definition) is 0. The molecule has 2 aliphatic heterocycles. The fourth-order valence-corrected chi connectivity index (χ4v) is 5.77. The summed E-state index contributed by atoms with van der Waals surface area (Å²) in [4.78, 5) is 34.2. The summed E-state index contributed by atoms with van der Waals surface area (Å²) >= 11 is 1.25. The highest BCUT2D eigenvalue weighted by Gasteiger charge is 2.34. The second-order valence-corrected chi connectivity index (χ2v) is 9.93. The Balaban J connectivity index is 1.63. The van der Waals surface area contributed by atoms with Gasteiger partial charge in [-0.15, -0.1) is 0 Å². The van der Waals surface area contributed by atoms with Crippen molar-refractivity contribution in [2.24, 2.45) is 4.99 Å². The normalized spacial score (nSPS) is 17.6. The van der Waals surface area contributed by atoms with Gasteiger partial charge in [-0.1, -0.05) is 17.4 Å². The van der Waals surface area contributed by atoms with Gasteiger partial charge in [0.05, 0.1) is 55.4 Å². The Morgan fingerprint density at radius 3 is 2.67 bits per heavy atom. The van der Waals surface area contributed by atoms with E-state index in [1.165, 1.54) is 11.3 Å². The number of esters is 1. The van der Waals surface area contributed by atoms with E-state index in [1.54, 1.807) is 43.7 Å². The molecule has 206 valence electrons. The Hall–Kier alpha value is -3.83. The second kappa shape index (κ2) is 11.5. The molecule has 5 rings (SSSR count). The van der Waals surface area contributed by atoms with Crippen molar-refractivity contribution < 1.29 is 28.2 Å². The zero-order chi connectivity index (χ0) is 27.5. The van der Waals surface area contributed by atoms with Gasteiger partial charge in [-0.3, -0.25) is 9.36 Å². The van der Waals surface area contributed by atoms with E-state index in [1.807, 2.05) is 25.1 Å². The maximum absolute atomic E-state index is 13.9. The molecule has 2 aliphatic rings. The molecule has 0 radical (unpaired) electrons. The van der Waals surface area contributed by atoms with Gasteiger partial charge in [-0.05, 0) is 44.5 Å². The predicted molar refractivity (Wildman–Crippen MR) is 146 cm³/mol. The number of furan rings is 1. The van der Waals surface area contributed by atoms with E-state index in [0.29, 0.717) is 63.2 Å². The molecule has 0 spiro atoms. The molecule has 0 N–H and O–H groups in total. The average Bonchev–Trinajstić information content (AvgIpc) is 3.53. The third-order valence-corrected chi connectivity index (χ3v) is 7.51. The van der Waals surface area contributed by atoms with Crippen molar-refractivity contribution in [3.8, 4) is 11.5 Å². The lowest BCUT2D eigenvalue weighted by atomic mass is 9.95. The number of methoxy groups -OCH3 is 1. The Bertz CT molecular complexity index is 1580. The van der Waals surface area contributed by atoms with E-state index < -0.39 is 12.0 Å². The van der Waals surface area contributed by atoms with E-state index >= 15 is 0 Å². The van der Waals surface area contributed by atoms with E-state index in [4.69, 9.17) is 23.4 Å². The van der Waals surface area contributed by atoms with Crippen molar-refractivity contribution in [3.63, 3.8) is 0 Å². The zero-order valence-corrected chi connectivity index (χ0v) is 23.2. The molecule has 0 aliphatic carbocycles. The number of nitrogens with zero attached hydrogens (tertiary/aromatic N) is 3. The minimum atomic E-state index is -0.756. The number of fused-ring (bicyclic) bond motifs is 1. The first-order valence-corrected chi connectivity index (χ1v) is 13.7. The smallest absolute Gasteiger partial charge is 0.338 e. The van der Waals surface area contributed by atoms with Gasteiger partial charge in [-0.2, -0.15) is 0 Å². The number of hydrogen-bond acceptors (Lipinski definition) is 10. The summed E-state index contributed by atoms with van der Waals surface area (Å²) < 4.78 is 30.1. The number of rotatable bonds is 8. The van der Waals surface area contributed by atoms with Crippen LogP contribution in [0.15, 0.2) is 55.8 Å². The third kappa shape index (κ3) is 5.24. The Kier molecular flexibility index (Phi) is 7.89. The molecular weight excluding hydrogens is 522 g/mol. The van der Waals surface area contributed by atoms with Crippen molar-refractivity contribution in [2.75, 3.05) is 51.5 Å². The number of carbonyl (C=O) groups excluding carboxylic acids is 1. The molecule has 11 heteroatoms. The first kappa shape index (κ1) is 26.8. The number of morpholine rings is 1. The zero-order valence-electron chi connectivity index (χ0n) is 22.4. The van der Waals surface area contributed by atoms with Gasteiger partial charge in [-0.25, -0.2) is 9.79 Å². The largest absolute Gasteiger partial charge is 0.493 e. The molecule has 0 saturated carbocycles. The number of thiazole rings is 1. The van der Waals surface area contributed by atoms with Crippen LogP contribution in [-0.2, 0) is 14.3 Å². The summed E-state index contributed by atoms with van der Waals surface area (Å²) in [5, 5.41) is 0. The van der Waals surface area contributed by atoms with Crippen molar-refractivity contribution in [3.05, 3.63) is 72.6 Å². The summed E-state index contributed by atoms with van der Waals surface area (Å²) in [6, 6.07) is 8.36. The molecule has 39 heavy (non-hydrogen) atoms. The summed E-state index contributed by atoms with van der Waals surface area (Å²) in [6.07, 6.45) is 1.72. The summed E-state index contributed by atoms with van der Waals surface area (Å²) in [5.41, 5.74) is 1.19. The van der Waals surface area contributed by atoms with Crippen LogP contribution in [0.2, 0.25) is 0 Å². The fraction of sp³-hybridized carbons (Fsp3) is 0.393. The fourth-order valence-electron chi connectivity index (χ4n) is 4.74. The van der Waals surface area contributed by atoms with E-state index in [9.17, 15) is 9.59 Å². The first-order chi connectivity index (χ1) is 18.9. The van der Waals surface area contributed by atoms with E-state index in [2.05, 4.69) is 9.89 Å². The highest BCUT2D eigenvalue weighted by Crippen LogP contribution is 2.36. The molecule has 1 saturated heterocycles. The van der Waals surface area contributed by atoms with Gasteiger partial charge in [0.25, 0.3) is 5.56 Å². The number of ether oxygens (including phenoxy) is 4. The Morgan fingerprint density at radius 1 is 1.15 bits per heavy atom. The summed E-state index contributed by atoms with van der Waals surface area (Å²) in [6.45, 7) is 8.79. The molecule has 1 unspecified atom stereocenters. The quantitative estimate of drug-likeness (QED) is 0.392. The molecule has 0 bridgehead atoms. The molecular formula is C28H31N3O7S. The van der Waals surface area contributed by atoms with Crippen molar-refractivity contribution in [1.29, 1.82) is 0 Å². The van der Waals surface area contributed by atoms with Gasteiger partial charge >= 0.3 is 5.97 Å². The number of allylic oxidation sites excluding steroid dienone is 1. The van der Waals surface area contributed by atoms with Crippen LogP contribution < -0.4 is 29.3 Å². The van der Waals surface area contributed by atoms with Gasteiger partial charge in [0, 0.05) is 25.2 Å². The van der Waals surface area contributed by atoms with Crippen LogP contribution in [0, 0.1) is 0 Å². The molecule has 1 atom stereocenters. The Morgan fingerprint density at radius 2 is 1.95 bits per heavy atom. The number of carbonyl (C=O) groups is 1. The van der Waals surface area contributed by atoms with E-state index in [-0.39, 0.29) is 12.2 Å². The van der Waals surface area contributed by atoms with Crippen LogP contribution in [0.4, 0.5) is 5.88 Å². The van der Waals surface area contributed by atoms with Gasteiger partial charge < -0.3 is 28.3 Å². The predicted octanol–water partition coefficient (Wildman–Crippen LogP) is 2.64.